The quantitative estimate of drug-likeness (QED) is 0.841. The molecule has 2 amide bonds. The number of benzene rings is 1. The van der Waals surface area contributed by atoms with Crippen molar-refractivity contribution in [2.45, 2.75) is 39.7 Å². The van der Waals surface area contributed by atoms with E-state index in [1.54, 1.807) is 4.90 Å². The number of carbonyl (C=O) groups is 2. The van der Waals surface area contributed by atoms with Crippen molar-refractivity contribution in [3.8, 4) is 0 Å². The maximum atomic E-state index is 12.2. The van der Waals surface area contributed by atoms with E-state index in [1.165, 1.54) is 0 Å². The second-order valence-corrected chi connectivity index (χ2v) is 5.70. The Hall–Kier alpha value is -1.55. The minimum absolute atomic E-state index is 0.0172. The zero-order chi connectivity index (χ0) is 15.8. The van der Waals surface area contributed by atoms with Crippen molar-refractivity contribution in [2.24, 2.45) is 0 Å². The van der Waals surface area contributed by atoms with Crippen molar-refractivity contribution < 1.29 is 9.59 Å². The van der Waals surface area contributed by atoms with Gasteiger partial charge in [-0.2, -0.15) is 0 Å². The largest absolute Gasteiger partial charge is 0.352 e. The zero-order valence-corrected chi connectivity index (χ0v) is 13.6. The summed E-state index contributed by atoms with van der Waals surface area (Å²) in [6, 6.07) is 7.56. The van der Waals surface area contributed by atoms with E-state index in [1.807, 2.05) is 45.0 Å². The van der Waals surface area contributed by atoms with E-state index in [2.05, 4.69) is 5.32 Å². The molecule has 0 fully saturated rings. The van der Waals surface area contributed by atoms with Gasteiger partial charge >= 0.3 is 0 Å². The van der Waals surface area contributed by atoms with Crippen molar-refractivity contribution in [1.82, 2.24) is 10.2 Å². The molecule has 5 heteroatoms. The van der Waals surface area contributed by atoms with Gasteiger partial charge in [0, 0.05) is 24.0 Å². The van der Waals surface area contributed by atoms with Gasteiger partial charge in [-0.15, -0.1) is 0 Å². The van der Waals surface area contributed by atoms with Crippen LogP contribution in [-0.2, 0) is 16.0 Å². The number of halogens is 1. The van der Waals surface area contributed by atoms with Crippen LogP contribution in [0.1, 0.15) is 32.8 Å². The lowest BCUT2D eigenvalue weighted by Gasteiger charge is -2.21. The van der Waals surface area contributed by atoms with Crippen LogP contribution in [0.2, 0.25) is 5.02 Å². The molecule has 1 aromatic carbocycles. The summed E-state index contributed by atoms with van der Waals surface area (Å²) >= 11 is 5.92. The summed E-state index contributed by atoms with van der Waals surface area (Å²) in [5.41, 5.74) is 1.03. The van der Waals surface area contributed by atoms with Crippen LogP contribution in [0, 0.1) is 0 Å². The van der Waals surface area contributed by atoms with E-state index < -0.39 is 0 Å². The van der Waals surface area contributed by atoms with Gasteiger partial charge in [0.2, 0.25) is 11.8 Å². The van der Waals surface area contributed by atoms with Gasteiger partial charge in [-0.25, -0.2) is 0 Å². The number of nitrogens with zero attached hydrogens (tertiary/aromatic N) is 1. The zero-order valence-electron chi connectivity index (χ0n) is 12.9. The summed E-state index contributed by atoms with van der Waals surface area (Å²) in [6.07, 6.45) is 1.00. The van der Waals surface area contributed by atoms with Gasteiger partial charge < -0.3 is 10.2 Å². The normalized spacial score (nSPS) is 10.5. The van der Waals surface area contributed by atoms with Crippen LogP contribution in [-0.4, -0.2) is 35.8 Å². The fourth-order valence-electron chi connectivity index (χ4n) is 2.02. The number of amides is 2. The van der Waals surface area contributed by atoms with Crippen LogP contribution in [0.25, 0.3) is 0 Å². The van der Waals surface area contributed by atoms with Gasteiger partial charge in [0.05, 0.1) is 6.54 Å². The fourth-order valence-corrected chi connectivity index (χ4v) is 2.23. The van der Waals surface area contributed by atoms with Crippen LogP contribution >= 0.6 is 11.6 Å². The molecule has 4 nitrogen and oxygen atoms in total. The number of aryl methyl sites for hydroxylation is 1. The van der Waals surface area contributed by atoms with E-state index in [0.29, 0.717) is 24.4 Å². The van der Waals surface area contributed by atoms with E-state index in [0.717, 1.165) is 5.56 Å². The summed E-state index contributed by atoms with van der Waals surface area (Å²) in [6.45, 7) is 6.31. The molecule has 0 aliphatic rings. The Bertz CT molecular complexity index is 489. The second kappa shape index (κ2) is 8.67. The average Bonchev–Trinajstić information content (AvgIpc) is 2.41. The minimum Gasteiger partial charge on any atom is -0.352 e. The van der Waals surface area contributed by atoms with E-state index in [9.17, 15) is 9.59 Å². The summed E-state index contributed by atoms with van der Waals surface area (Å²) in [5.74, 6) is -0.140. The molecule has 0 bridgehead atoms. The Kier molecular flexibility index (Phi) is 7.23. The van der Waals surface area contributed by atoms with Crippen molar-refractivity contribution >= 4 is 23.4 Å². The summed E-state index contributed by atoms with van der Waals surface area (Å²) in [4.78, 5) is 25.5. The molecule has 0 atom stereocenters. The Labute approximate surface area is 131 Å². The smallest absolute Gasteiger partial charge is 0.239 e. The van der Waals surface area contributed by atoms with Crippen LogP contribution in [0.4, 0.5) is 0 Å². The summed E-state index contributed by atoms with van der Waals surface area (Å²) < 4.78 is 0. The highest BCUT2D eigenvalue weighted by Crippen LogP contribution is 2.12. The van der Waals surface area contributed by atoms with Gasteiger partial charge in [-0.3, -0.25) is 9.59 Å². The molecule has 1 aromatic rings. The number of carbonyl (C=O) groups excluding carboxylic acids is 2. The molecule has 1 rings (SSSR count). The maximum Gasteiger partial charge on any atom is 0.239 e. The molecule has 0 aromatic heterocycles. The molecule has 0 saturated heterocycles. The molecule has 0 aliphatic heterocycles. The van der Waals surface area contributed by atoms with Crippen molar-refractivity contribution in [2.75, 3.05) is 13.1 Å². The number of hydrogen-bond donors (Lipinski definition) is 1. The lowest BCUT2D eigenvalue weighted by Crippen LogP contribution is -2.42. The monoisotopic (exact) mass is 310 g/mol. The third-order valence-corrected chi connectivity index (χ3v) is 3.27. The summed E-state index contributed by atoms with van der Waals surface area (Å²) in [5, 5.41) is 3.46. The third-order valence-electron chi connectivity index (χ3n) is 3.04. The number of rotatable bonds is 7. The Morgan fingerprint density at radius 3 is 2.62 bits per heavy atom. The first-order chi connectivity index (χ1) is 9.92. The van der Waals surface area contributed by atoms with Gasteiger partial charge in [-0.1, -0.05) is 23.7 Å². The van der Waals surface area contributed by atoms with Crippen molar-refractivity contribution in [1.29, 1.82) is 0 Å². The highest BCUT2D eigenvalue weighted by Gasteiger charge is 2.15. The molecule has 0 aliphatic carbocycles. The average molecular weight is 311 g/mol. The Morgan fingerprint density at radius 1 is 1.33 bits per heavy atom. The number of nitrogens with one attached hydrogen (secondary N) is 1. The Morgan fingerprint density at radius 2 is 2.05 bits per heavy atom. The van der Waals surface area contributed by atoms with Crippen LogP contribution in [0.3, 0.4) is 0 Å². The predicted molar refractivity (Wildman–Crippen MR) is 85.3 cm³/mol. The molecule has 0 radical (unpaired) electrons. The molecular formula is C16H23ClN2O2. The van der Waals surface area contributed by atoms with Crippen molar-refractivity contribution in [3.63, 3.8) is 0 Å². The van der Waals surface area contributed by atoms with Crippen LogP contribution in [0.5, 0.6) is 0 Å². The topological polar surface area (TPSA) is 49.4 Å². The van der Waals surface area contributed by atoms with Gasteiger partial charge in [0.1, 0.15) is 0 Å². The van der Waals surface area contributed by atoms with Gasteiger partial charge in [0.15, 0.2) is 0 Å². The highest BCUT2D eigenvalue weighted by molar-refractivity contribution is 6.30. The number of likely N-dealkylation sites (N-methyl/N-ethyl adjacent to an activating group) is 1. The minimum atomic E-state index is -0.122. The van der Waals surface area contributed by atoms with E-state index in [4.69, 9.17) is 11.6 Å². The molecule has 116 valence electrons. The molecule has 0 spiro atoms. The maximum absolute atomic E-state index is 12.2. The molecule has 1 N–H and O–H groups in total. The lowest BCUT2D eigenvalue weighted by atomic mass is 10.1. The standard InChI is InChI=1S/C16H23ClN2O2/c1-4-19(11-15(20)18-12(2)3)16(21)9-8-13-6-5-7-14(17)10-13/h5-7,10,12H,4,8-9,11H2,1-3H3,(H,18,20). The molecule has 0 heterocycles. The highest BCUT2D eigenvalue weighted by atomic mass is 35.5. The van der Waals surface area contributed by atoms with Gasteiger partial charge in [-0.05, 0) is 44.9 Å². The first kappa shape index (κ1) is 17.5. The van der Waals surface area contributed by atoms with Crippen LogP contribution < -0.4 is 5.32 Å². The SMILES string of the molecule is CCN(CC(=O)NC(C)C)C(=O)CCc1cccc(Cl)c1. The summed E-state index contributed by atoms with van der Waals surface area (Å²) in [7, 11) is 0. The molecule has 0 unspecified atom stereocenters. The van der Waals surface area contributed by atoms with Crippen LogP contribution in [0.15, 0.2) is 24.3 Å². The van der Waals surface area contributed by atoms with E-state index >= 15 is 0 Å². The second-order valence-electron chi connectivity index (χ2n) is 5.26. The fraction of sp³-hybridized carbons (Fsp3) is 0.500. The van der Waals surface area contributed by atoms with Crippen molar-refractivity contribution in [3.05, 3.63) is 34.9 Å². The van der Waals surface area contributed by atoms with Gasteiger partial charge in [0.25, 0.3) is 0 Å². The number of hydrogen-bond acceptors (Lipinski definition) is 2. The molecule has 21 heavy (non-hydrogen) atoms. The first-order valence-electron chi connectivity index (χ1n) is 7.24. The lowest BCUT2D eigenvalue weighted by molar-refractivity contribution is -0.136. The third kappa shape index (κ3) is 6.63. The first-order valence-corrected chi connectivity index (χ1v) is 7.61. The Balaban J connectivity index is 2.49. The molecule has 0 saturated carbocycles. The van der Waals surface area contributed by atoms with E-state index in [-0.39, 0.29) is 24.4 Å². The predicted octanol–water partition coefficient (Wildman–Crippen LogP) is 2.65. The molecular weight excluding hydrogens is 288 g/mol.